The average molecular weight is 318 g/mol. The summed E-state index contributed by atoms with van der Waals surface area (Å²) in [5, 5.41) is 10.9. The van der Waals surface area contributed by atoms with Gasteiger partial charge in [-0.2, -0.15) is 5.10 Å². The highest BCUT2D eigenvalue weighted by Crippen LogP contribution is 2.19. The van der Waals surface area contributed by atoms with E-state index in [2.05, 4.69) is 25.6 Å². The van der Waals surface area contributed by atoms with Gasteiger partial charge in [-0.1, -0.05) is 0 Å². The molecule has 1 saturated heterocycles. The SMILES string of the molecule is Cc1nn(C)c2ncc(NC(=O)NCCN3CCOCC3)cc12. The van der Waals surface area contributed by atoms with Crippen molar-refractivity contribution in [1.82, 2.24) is 25.0 Å². The van der Waals surface area contributed by atoms with Gasteiger partial charge in [-0.05, 0) is 13.0 Å². The first-order chi connectivity index (χ1) is 11.1. The van der Waals surface area contributed by atoms with Gasteiger partial charge in [-0.15, -0.1) is 0 Å². The molecule has 0 radical (unpaired) electrons. The van der Waals surface area contributed by atoms with Gasteiger partial charge in [0.1, 0.15) is 0 Å². The van der Waals surface area contributed by atoms with Crippen LogP contribution in [0.2, 0.25) is 0 Å². The van der Waals surface area contributed by atoms with E-state index in [1.54, 1.807) is 10.9 Å². The van der Waals surface area contributed by atoms with E-state index in [4.69, 9.17) is 4.74 Å². The Bertz CT molecular complexity index is 693. The minimum atomic E-state index is -0.221. The highest BCUT2D eigenvalue weighted by atomic mass is 16.5. The molecule has 0 aliphatic carbocycles. The highest BCUT2D eigenvalue weighted by Gasteiger charge is 2.11. The second-order valence-corrected chi connectivity index (χ2v) is 5.64. The number of fused-ring (bicyclic) bond motifs is 1. The molecule has 8 heteroatoms. The van der Waals surface area contributed by atoms with E-state index in [9.17, 15) is 4.79 Å². The van der Waals surface area contributed by atoms with Crippen molar-refractivity contribution in [2.24, 2.45) is 7.05 Å². The molecular formula is C15H22N6O2. The molecule has 2 amide bonds. The van der Waals surface area contributed by atoms with E-state index in [0.29, 0.717) is 12.2 Å². The van der Waals surface area contributed by atoms with Crippen LogP contribution in [0.1, 0.15) is 5.69 Å². The number of nitrogens with zero attached hydrogens (tertiary/aromatic N) is 4. The zero-order valence-corrected chi connectivity index (χ0v) is 13.5. The molecule has 0 bridgehead atoms. The molecule has 2 aromatic rings. The maximum atomic E-state index is 12.0. The molecule has 1 fully saturated rings. The molecule has 124 valence electrons. The van der Waals surface area contributed by atoms with Gasteiger partial charge >= 0.3 is 6.03 Å². The molecule has 0 aromatic carbocycles. The number of ether oxygens (including phenoxy) is 1. The number of hydrogen-bond acceptors (Lipinski definition) is 5. The van der Waals surface area contributed by atoms with Crippen molar-refractivity contribution in [3.63, 3.8) is 0 Å². The summed E-state index contributed by atoms with van der Waals surface area (Å²) < 4.78 is 7.03. The lowest BCUT2D eigenvalue weighted by Gasteiger charge is -2.26. The molecule has 3 heterocycles. The summed E-state index contributed by atoms with van der Waals surface area (Å²) in [6, 6.07) is 1.67. The lowest BCUT2D eigenvalue weighted by molar-refractivity contribution is 0.0388. The van der Waals surface area contributed by atoms with Crippen LogP contribution in [-0.2, 0) is 11.8 Å². The number of urea groups is 1. The number of aryl methyl sites for hydroxylation is 2. The van der Waals surface area contributed by atoms with Crippen molar-refractivity contribution in [2.45, 2.75) is 6.92 Å². The molecule has 2 aromatic heterocycles. The van der Waals surface area contributed by atoms with Gasteiger partial charge in [0, 0.05) is 38.6 Å². The van der Waals surface area contributed by atoms with Gasteiger partial charge in [0.15, 0.2) is 5.65 Å². The van der Waals surface area contributed by atoms with Crippen LogP contribution in [-0.4, -0.2) is 65.1 Å². The number of carbonyl (C=O) groups excluding carboxylic acids is 1. The highest BCUT2D eigenvalue weighted by molar-refractivity contribution is 5.91. The number of amides is 2. The molecule has 0 saturated carbocycles. The molecule has 1 aliphatic heterocycles. The number of morpholine rings is 1. The number of aromatic nitrogens is 3. The molecule has 2 N–H and O–H groups in total. The first-order valence-electron chi connectivity index (χ1n) is 7.78. The maximum absolute atomic E-state index is 12.0. The largest absolute Gasteiger partial charge is 0.379 e. The molecule has 23 heavy (non-hydrogen) atoms. The van der Waals surface area contributed by atoms with Crippen molar-refractivity contribution in [2.75, 3.05) is 44.7 Å². The Morgan fingerprint density at radius 1 is 1.39 bits per heavy atom. The predicted molar refractivity (Wildman–Crippen MR) is 87.5 cm³/mol. The molecule has 0 atom stereocenters. The van der Waals surface area contributed by atoms with Crippen LogP contribution in [0.15, 0.2) is 12.3 Å². The molecular weight excluding hydrogens is 296 g/mol. The quantitative estimate of drug-likeness (QED) is 0.868. The molecule has 3 rings (SSSR count). The number of rotatable bonds is 4. The molecule has 0 spiro atoms. The van der Waals surface area contributed by atoms with Crippen LogP contribution < -0.4 is 10.6 Å². The Hall–Kier alpha value is -2.19. The zero-order valence-electron chi connectivity index (χ0n) is 13.5. The van der Waals surface area contributed by atoms with E-state index in [1.807, 2.05) is 20.0 Å². The summed E-state index contributed by atoms with van der Waals surface area (Å²) in [6.07, 6.45) is 1.64. The topological polar surface area (TPSA) is 84.3 Å². The smallest absolute Gasteiger partial charge is 0.319 e. The second kappa shape index (κ2) is 6.93. The van der Waals surface area contributed by atoms with Crippen LogP contribution >= 0.6 is 0 Å². The first-order valence-corrected chi connectivity index (χ1v) is 7.78. The predicted octanol–water partition coefficient (Wildman–Crippen LogP) is 0.730. The van der Waals surface area contributed by atoms with Crippen LogP contribution in [0.5, 0.6) is 0 Å². The average Bonchev–Trinajstić information content (AvgIpc) is 2.83. The van der Waals surface area contributed by atoms with Crippen molar-refractivity contribution in [1.29, 1.82) is 0 Å². The van der Waals surface area contributed by atoms with E-state index in [-0.39, 0.29) is 6.03 Å². The molecule has 8 nitrogen and oxygen atoms in total. The van der Waals surface area contributed by atoms with Crippen LogP contribution in [0.25, 0.3) is 11.0 Å². The first kappa shape index (κ1) is 15.7. The Morgan fingerprint density at radius 2 is 2.17 bits per heavy atom. The van der Waals surface area contributed by atoms with Gasteiger partial charge in [-0.25, -0.2) is 9.78 Å². The summed E-state index contributed by atoms with van der Waals surface area (Å²) >= 11 is 0. The number of hydrogen-bond donors (Lipinski definition) is 2. The van der Waals surface area contributed by atoms with Gasteiger partial charge in [0.25, 0.3) is 0 Å². The fourth-order valence-corrected chi connectivity index (χ4v) is 2.70. The number of carbonyl (C=O) groups is 1. The molecule has 0 unspecified atom stereocenters. The summed E-state index contributed by atoms with van der Waals surface area (Å²) in [5.74, 6) is 0. The zero-order chi connectivity index (χ0) is 16.2. The Morgan fingerprint density at radius 3 is 2.96 bits per heavy atom. The van der Waals surface area contributed by atoms with Crippen molar-refractivity contribution >= 4 is 22.8 Å². The fraction of sp³-hybridized carbons (Fsp3) is 0.533. The number of anilines is 1. The summed E-state index contributed by atoms with van der Waals surface area (Å²) in [7, 11) is 1.85. The van der Waals surface area contributed by atoms with Crippen LogP contribution in [0.4, 0.5) is 10.5 Å². The van der Waals surface area contributed by atoms with Crippen molar-refractivity contribution < 1.29 is 9.53 Å². The lowest BCUT2D eigenvalue weighted by atomic mass is 10.2. The van der Waals surface area contributed by atoms with Gasteiger partial charge in [0.05, 0.1) is 30.8 Å². The summed E-state index contributed by atoms with van der Waals surface area (Å²) in [4.78, 5) is 18.6. The van der Waals surface area contributed by atoms with E-state index >= 15 is 0 Å². The van der Waals surface area contributed by atoms with Gasteiger partial charge < -0.3 is 15.4 Å². The maximum Gasteiger partial charge on any atom is 0.319 e. The van der Waals surface area contributed by atoms with Crippen molar-refractivity contribution in [3.8, 4) is 0 Å². The third-order valence-electron chi connectivity index (χ3n) is 3.94. The van der Waals surface area contributed by atoms with E-state index < -0.39 is 0 Å². The van der Waals surface area contributed by atoms with Crippen LogP contribution in [0, 0.1) is 6.92 Å². The number of pyridine rings is 1. The Balaban J connectivity index is 1.52. The Labute approximate surface area is 134 Å². The number of nitrogens with one attached hydrogen (secondary N) is 2. The van der Waals surface area contributed by atoms with E-state index in [0.717, 1.165) is 49.6 Å². The van der Waals surface area contributed by atoms with Gasteiger partial charge in [0.2, 0.25) is 0 Å². The monoisotopic (exact) mass is 318 g/mol. The minimum Gasteiger partial charge on any atom is -0.379 e. The lowest BCUT2D eigenvalue weighted by Crippen LogP contribution is -2.42. The third kappa shape index (κ3) is 3.77. The standard InChI is InChI=1S/C15H22N6O2/c1-11-13-9-12(10-17-14(13)20(2)19-11)18-15(22)16-3-4-21-5-7-23-8-6-21/h9-10H,3-8H2,1-2H3,(H2,16,18,22). The summed E-state index contributed by atoms with van der Waals surface area (Å²) in [5.41, 5.74) is 2.37. The van der Waals surface area contributed by atoms with Crippen LogP contribution in [0.3, 0.4) is 0 Å². The van der Waals surface area contributed by atoms with Gasteiger partial charge in [-0.3, -0.25) is 9.58 Å². The molecule has 1 aliphatic rings. The normalized spacial score (nSPS) is 15.7. The Kier molecular flexibility index (Phi) is 4.73. The fourth-order valence-electron chi connectivity index (χ4n) is 2.70. The third-order valence-corrected chi connectivity index (χ3v) is 3.94. The summed E-state index contributed by atoms with van der Waals surface area (Å²) in [6.45, 7) is 6.73. The second-order valence-electron chi connectivity index (χ2n) is 5.64. The van der Waals surface area contributed by atoms with Crippen molar-refractivity contribution in [3.05, 3.63) is 18.0 Å². The minimum absolute atomic E-state index is 0.221. The van der Waals surface area contributed by atoms with E-state index in [1.165, 1.54) is 0 Å².